The number of alkyl halides is 4. The summed E-state index contributed by atoms with van der Waals surface area (Å²) in [5.74, 6) is -6.08. The number of hydrogen-bond acceptors (Lipinski definition) is 5. The third-order valence-corrected chi connectivity index (χ3v) is 7.00. The number of esters is 1. The van der Waals surface area contributed by atoms with E-state index in [9.17, 15) is 22.4 Å². The lowest BCUT2D eigenvalue weighted by Gasteiger charge is -2.38. The van der Waals surface area contributed by atoms with Gasteiger partial charge in [-0.15, -0.1) is 12.4 Å². The van der Waals surface area contributed by atoms with Gasteiger partial charge in [-0.2, -0.15) is 5.10 Å². The summed E-state index contributed by atoms with van der Waals surface area (Å²) in [5.41, 5.74) is 6.59. The molecule has 11 heteroatoms. The molecule has 2 heterocycles. The second-order valence-corrected chi connectivity index (χ2v) is 9.09. The maximum Gasteiger partial charge on any atom is 0.316 e. The Morgan fingerprint density at radius 1 is 1.15 bits per heavy atom. The number of hydrogen-bond donors (Lipinski definition) is 1. The van der Waals surface area contributed by atoms with E-state index in [2.05, 4.69) is 10.1 Å². The highest BCUT2D eigenvalue weighted by Crippen LogP contribution is 2.46. The minimum atomic E-state index is -2.81. The van der Waals surface area contributed by atoms with Gasteiger partial charge < -0.3 is 10.5 Å². The van der Waals surface area contributed by atoms with Crippen molar-refractivity contribution in [2.24, 2.45) is 11.7 Å². The van der Waals surface area contributed by atoms with Crippen molar-refractivity contribution in [2.75, 3.05) is 6.61 Å². The monoisotopic (exact) mass is 492 g/mol. The number of rotatable bonds is 5. The average Bonchev–Trinajstić information content (AvgIpc) is 3.17. The number of carbonyl (C=O) groups is 1. The number of carbonyl (C=O) groups excluding carboxylic acids is 1. The number of imidazole rings is 1. The molecule has 0 aliphatic heterocycles. The van der Waals surface area contributed by atoms with Crippen molar-refractivity contribution in [2.45, 2.75) is 81.6 Å². The van der Waals surface area contributed by atoms with Crippen molar-refractivity contribution in [1.29, 1.82) is 0 Å². The zero-order valence-corrected chi connectivity index (χ0v) is 19.2. The molecule has 2 saturated carbocycles. The van der Waals surface area contributed by atoms with Crippen LogP contribution in [0.5, 0.6) is 0 Å². The van der Waals surface area contributed by atoms with Gasteiger partial charge in [0, 0.05) is 25.7 Å². The molecule has 184 valence electrons. The van der Waals surface area contributed by atoms with Crippen LogP contribution in [0.15, 0.2) is 18.5 Å². The summed E-state index contributed by atoms with van der Waals surface area (Å²) in [7, 11) is 0. The number of halogens is 5. The maximum atomic E-state index is 13.8. The van der Waals surface area contributed by atoms with Gasteiger partial charge in [-0.3, -0.25) is 4.79 Å². The molecule has 33 heavy (non-hydrogen) atoms. The Kier molecular flexibility index (Phi) is 7.29. The van der Waals surface area contributed by atoms with Gasteiger partial charge in [0.25, 0.3) is 0 Å². The second kappa shape index (κ2) is 9.37. The first-order valence-corrected chi connectivity index (χ1v) is 11.1. The van der Waals surface area contributed by atoms with Crippen LogP contribution in [0, 0.1) is 5.92 Å². The third kappa shape index (κ3) is 5.11. The van der Waals surface area contributed by atoms with Crippen LogP contribution in [-0.2, 0) is 14.9 Å². The van der Waals surface area contributed by atoms with E-state index in [0.29, 0.717) is 29.7 Å². The molecule has 2 aromatic rings. The fraction of sp³-hybridized carbons (Fsp3) is 0.682. The van der Waals surface area contributed by atoms with Crippen LogP contribution in [0.3, 0.4) is 0 Å². The first-order valence-electron chi connectivity index (χ1n) is 11.1. The molecular formula is C22H29ClF4N4O2. The normalized spacial score (nSPS) is 23.0. The number of nitrogens with two attached hydrogens (primary N) is 1. The van der Waals surface area contributed by atoms with E-state index in [4.69, 9.17) is 10.5 Å². The molecule has 2 aromatic heterocycles. The summed E-state index contributed by atoms with van der Waals surface area (Å²) in [6.07, 6.45) is 2.51. The van der Waals surface area contributed by atoms with E-state index >= 15 is 0 Å². The second-order valence-electron chi connectivity index (χ2n) is 9.09. The van der Waals surface area contributed by atoms with Gasteiger partial charge >= 0.3 is 5.97 Å². The van der Waals surface area contributed by atoms with Crippen LogP contribution < -0.4 is 5.73 Å². The molecule has 0 amide bonds. The van der Waals surface area contributed by atoms with Crippen molar-refractivity contribution in [1.82, 2.24) is 14.6 Å². The Hall–Kier alpha value is -1.94. The van der Waals surface area contributed by atoms with E-state index in [1.165, 1.54) is 10.7 Å². The summed E-state index contributed by atoms with van der Waals surface area (Å²) in [6, 6.07) is 1.15. The van der Waals surface area contributed by atoms with Crippen molar-refractivity contribution in [3.05, 3.63) is 29.7 Å². The molecule has 0 unspecified atom stereocenters. The minimum Gasteiger partial charge on any atom is -0.465 e. The van der Waals surface area contributed by atoms with Gasteiger partial charge in [-0.25, -0.2) is 27.1 Å². The van der Waals surface area contributed by atoms with Gasteiger partial charge in [0.15, 0.2) is 5.65 Å². The van der Waals surface area contributed by atoms with Crippen LogP contribution in [0.4, 0.5) is 17.6 Å². The number of ether oxygens (including phenoxy) is 1. The molecule has 0 radical (unpaired) electrons. The number of fused-ring (bicyclic) bond motifs is 1. The number of nitrogens with zero attached hydrogens (tertiary/aromatic N) is 3. The van der Waals surface area contributed by atoms with Gasteiger partial charge in [0.2, 0.25) is 11.8 Å². The van der Waals surface area contributed by atoms with Crippen LogP contribution in [0.25, 0.3) is 5.65 Å². The highest BCUT2D eigenvalue weighted by atomic mass is 35.5. The average molecular weight is 493 g/mol. The molecule has 6 nitrogen and oxygen atoms in total. The predicted molar refractivity (Wildman–Crippen MR) is 116 cm³/mol. The van der Waals surface area contributed by atoms with Crippen molar-refractivity contribution >= 4 is 24.0 Å². The Morgan fingerprint density at radius 2 is 1.76 bits per heavy atom. The van der Waals surface area contributed by atoms with Gasteiger partial charge in [-0.1, -0.05) is 0 Å². The molecule has 4 rings (SSSR count). The molecule has 1 atom stereocenters. The Morgan fingerprint density at radius 3 is 2.36 bits per heavy atom. The highest BCUT2D eigenvalue weighted by molar-refractivity contribution is 5.85. The Balaban J connectivity index is 0.00000306. The zero-order valence-electron chi connectivity index (χ0n) is 18.4. The molecule has 2 aliphatic rings. The quantitative estimate of drug-likeness (QED) is 0.470. The minimum absolute atomic E-state index is 0. The molecular weight excluding hydrogens is 464 g/mol. The van der Waals surface area contributed by atoms with Crippen LogP contribution in [0.2, 0.25) is 0 Å². The Labute approximate surface area is 195 Å². The summed E-state index contributed by atoms with van der Waals surface area (Å²) < 4.78 is 61.4. The first-order chi connectivity index (χ1) is 15.1. The third-order valence-electron chi connectivity index (χ3n) is 7.00. The summed E-state index contributed by atoms with van der Waals surface area (Å²) >= 11 is 0. The largest absolute Gasteiger partial charge is 0.465 e. The van der Waals surface area contributed by atoms with Crippen molar-refractivity contribution in [3.8, 4) is 0 Å². The smallest absolute Gasteiger partial charge is 0.316 e. The number of aromatic nitrogens is 3. The fourth-order valence-corrected chi connectivity index (χ4v) is 4.90. The highest BCUT2D eigenvalue weighted by Gasteiger charge is 2.50. The summed E-state index contributed by atoms with van der Waals surface area (Å²) in [6.45, 7) is 1.82. The lowest BCUT2D eigenvalue weighted by atomic mass is 9.69. The van der Waals surface area contributed by atoms with Gasteiger partial charge in [0.05, 0.1) is 36.2 Å². The van der Waals surface area contributed by atoms with Crippen LogP contribution in [0.1, 0.15) is 75.6 Å². The van der Waals surface area contributed by atoms with Crippen LogP contribution >= 0.6 is 12.4 Å². The SMILES string of the molecule is CCOC(=O)C1(c2cnn3cc([C@@H](N)C4CCC(F)(F)CC4)nc3c2)CCC(F)(F)CC1.Cl. The van der Waals surface area contributed by atoms with Crippen molar-refractivity contribution < 1.29 is 27.1 Å². The molecule has 2 N–H and O–H groups in total. The topological polar surface area (TPSA) is 82.5 Å². The van der Waals surface area contributed by atoms with E-state index in [0.717, 1.165) is 0 Å². The van der Waals surface area contributed by atoms with E-state index < -0.39 is 42.1 Å². The zero-order chi connectivity index (χ0) is 23.1. The molecule has 0 aromatic carbocycles. The lowest BCUT2D eigenvalue weighted by Crippen LogP contribution is -2.44. The standard InChI is InChI=1S/C22H28F4N4O2.ClH/c1-2-32-19(31)20(7-9-22(25,26)10-8-20)15-11-17-29-16(13-30(17)28-12-15)18(27)14-3-5-21(23,24)6-4-14;/h11-14,18H,2-10,27H2,1H3;1H/t18-;/m0./s1. The van der Waals surface area contributed by atoms with Crippen molar-refractivity contribution in [3.63, 3.8) is 0 Å². The van der Waals surface area contributed by atoms with E-state index in [1.807, 2.05) is 0 Å². The molecule has 0 saturated heterocycles. The molecule has 2 aliphatic carbocycles. The maximum absolute atomic E-state index is 13.8. The first kappa shape index (κ1) is 25.7. The molecule has 0 spiro atoms. The fourth-order valence-electron chi connectivity index (χ4n) is 4.90. The predicted octanol–water partition coefficient (Wildman–Crippen LogP) is 4.99. The Bertz CT molecular complexity index is 980. The summed E-state index contributed by atoms with van der Waals surface area (Å²) in [5, 5.41) is 4.33. The lowest BCUT2D eigenvalue weighted by molar-refractivity contribution is -0.155. The summed E-state index contributed by atoms with van der Waals surface area (Å²) in [4.78, 5) is 17.4. The van der Waals surface area contributed by atoms with E-state index in [1.54, 1.807) is 19.2 Å². The van der Waals surface area contributed by atoms with Gasteiger partial charge in [-0.05, 0) is 50.2 Å². The van der Waals surface area contributed by atoms with Gasteiger partial charge in [0.1, 0.15) is 0 Å². The molecule has 0 bridgehead atoms. The van der Waals surface area contributed by atoms with Crippen LogP contribution in [-0.4, -0.2) is 39.0 Å². The molecule has 2 fully saturated rings. The van der Waals surface area contributed by atoms with E-state index in [-0.39, 0.29) is 50.6 Å².